The number of rotatable bonds is 3. The van der Waals surface area contributed by atoms with Crippen LogP contribution >= 0.6 is 0 Å². The van der Waals surface area contributed by atoms with Crippen LogP contribution in [0.1, 0.15) is 37.0 Å². The lowest BCUT2D eigenvalue weighted by molar-refractivity contribution is 0.0526. The fraction of sp³-hybridized carbons (Fsp3) is 0.500. The van der Waals surface area contributed by atoms with E-state index in [-0.39, 0.29) is 12.0 Å². The molecule has 1 aromatic carbocycles. The predicted molar refractivity (Wildman–Crippen MR) is 81.4 cm³/mol. The fourth-order valence-electron chi connectivity index (χ4n) is 2.48. The molecule has 5 heteroatoms. The summed E-state index contributed by atoms with van der Waals surface area (Å²) < 4.78 is 4.92. The molecule has 1 heterocycles. The van der Waals surface area contributed by atoms with Crippen LogP contribution in [0.15, 0.2) is 24.3 Å². The lowest BCUT2D eigenvalue weighted by Crippen LogP contribution is -2.41. The van der Waals surface area contributed by atoms with Gasteiger partial charge in [-0.2, -0.15) is 0 Å². The number of piperidine rings is 1. The minimum Gasteiger partial charge on any atom is -0.462 e. The van der Waals surface area contributed by atoms with E-state index >= 15 is 0 Å². The summed E-state index contributed by atoms with van der Waals surface area (Å²) >= 11 is 0. The smallest absolute Gasteiger partial charge is 0.338 e. The molecule has 0 aliphatic carbocycles. The third-order valence-electron chi connectivity index (χ3n) is 3.59. The maximum Gasteiger partial charge on any atom is 0.338 e. The second-order valence-corrected chi connectivity index (χ2v) is 5.42. The topological polar surface area (TPSA) is 58.6 Å². The van der Waals surface area contributed by atoms with E-state index < -0.39 is 0 Å². The van der Waals surface area contributed by atoms with Gasteiger partial charge in [0, 0.05) is 18.8 Å². The van der Waals surface area contributed by atoms with Crippen LogP contribution in [0, 0.1) is 5.92 Å². The minimum atomic E-state index is -0.347. The highest BCUT2D eigenvalue weighted by Crippen LogP contribution is 2.17. The second-order valence-electron chi connectivity index (χ2n) is 5.42. The van der Waals surface area contributed by atoms with Crippen LogP contribution in [0.5, 0.6) is 0 Å². The van der Waals surface area contributed by atoms with Crippen LogP contribution in [0.3, 0.4) is 0 Å². The molecule has 1 fully saturated rings. The first-order valence-electron chi connectivity index (χ1n) is 7.43. The molecule has 1 atom stereocenters. The molecular formula is C16H22N2O3. The SMILES string of the molecule is CCOC(=O)c1ccc(NC(=O)N2CCCC(C)C2)cc1. The monoisotopic (exact) mass is 290 g/mol. The van der Waals surface area contributed by atoms with E-state index in [1.807, 2.05) is 4.90 Å². The van der Waals surface area contributed by atoms with Crippen molar-refractivity contribution in [1.82, 2.24) is 4.90 Å². The Morgan fingerprint density at radius 1 is 1.33 bits per heavy atom. The largest absolute Gasteiger partial charge is 0.462 e. The van der Waals surface area contributed by atoms with Crippen molar-refractivity contribution in [2.24, 2.45) is 5.92 Å². The highest BCUT2D eigenvalue weighted by atomic mass is 16.5. The number of nitrogens with one attached hydrogen (secondary N) is 1. The third kappa shape index (κ3) is 4.21. The number of nitrogens with zero attached hydrogens (tertiary/aromatic N) is 1. The van der Waals surface area contributed by atoms with Gasteiger partial charge in [0.05, 0.1) is 12.2 Å². The Labute approximate surface area is 125 Å². The number of carbonyl (C=O) groups is 2. The summed E-state index contributed by atoms with van der Waals surface area (Å²) in [5, 5.41) is 2.87. The zero-order valence-electron chi connectivity index (χ0n) is 12.6. The van der Waals surface area contributed by atoms with Gasteiger partial charge in [-0.05, 0) is 49.9 Å². The van der Waals surface area contributed by atoms with Crippen LogP contribution in [-0.2, 0) is 4.74 Å². The molecule has 0 bridgehead atoms. The zero-order valence-corrected chi connectivity index (χ0v) is 12.6. The highest BCUT2D eigenvalue weighted by molar-refractivity contribution is 5.92. The molecule has 1 aromatic rings. The van der Waals surface area contributed by atoms with Gasteiger partial charge in [0.1, 0.15) is 0 Å². The number of hydrogen-bond acceptors (Lipinski definition) is 3. The van der Waals surface area contributed by atoms with E-state index in [0.717, 1.165) is 19.5 Å². The number of ether oxygens (including phenoxy) is 1. The van der Waals surface area contributed by atoms with Crippen LogP contribution in [0.25, 0.3) is 0 Å². The van der Waals surface area contributed by atoms with Crippen molar-refractivity contribution < 1.29 is 14.3 Å². The maximum absolute atomic E-state index is 12.2. The number of urea groups is 1. The van der Waals surface area contributed by atoms with E-state index in [0.29, 0.717) is 23.8 Å². The molecule has 0 aromatic heterocycles. The Kier molecular flexibility index (Phi) is 5.20. The molecular weight excluding hydrogens is 268 g/mol. The molecule has 2 amide bonds. The first-order valence-corrected chi connectivity index (χ1v) is 7.43. The number of carbonyl (C=O) groups excluding carboxylic acids is 2. The predicted octanol–water partition coefficient (Wildman–Crippen LogP) is 3.13. The van der Waals surface area contributed by atoms with E-state index in [4.69, 9.17) is 4.74 Å². The summed E-state index contributed by atoms with van der Waals surface area (Å²) in [4.78, 5) is 25.5. The van der Waals surface area contributed by atoms with Crippen molar-refractivity contribution in [3.8, 4) is 0 Å². The second kappa shape index (κ2) is 7.11. The molecule has 114 valence electrons. The fourth-order valence-corrected chi connectivity index (χ4v) is 2.48. The summed E-state index contributed by atoms with van der Waals surface area (Å²) in [5.41, 5.74) is 1.17. The number of benzene rings is 1. The lowest BCUT2D eigenvalue weighted by atomic mass is 10.0. The standard InChI is InChI=1S/C16H22N2O3/c1-3-21-15(19)13-6-8-14(9-7-13)17-16(20)18-10-4-5-12(2)11-18/h6-9,12H,3-5,10-11H2,1-2H3,(H,17,20). The van der Waals surface area contributed by atoms with Gasteiger partial charge in [-0.1, -0.05) is 6.92 Å². The molecule has 5 nitrogen and oxygen atoms in total. The Morgan fingerprint density at radius 2 is 2.05 bits per heavy atom. The summed E-state index contributed by atoms with van der Waals surface area (Å²) in [5.74, 6) is 0.205. The molecule has 1 aliphatic heterocycles. The van der Waals surface area contributed by atoms with Crippen molar-refractivity contribution in [1.29, 1.82) is 0 Å². The van der Waals surface area contributed by atoms with Crippen LogP contribution in [0.2, 0.25) is 0 Å². The van der Waals surface area contributed by atoms with Gasteiger partial charge < -0.3 is 15.0 Å². The number of likely N-dealkylation sites (tertiary alicyclic amines) is 1. The molecule has 1 unspecified atom stereocenters. The van der Waals surface area contributed by atoms with E-state index in [2.05, 4.69) is 12.2 Å². The van der Waals surface area contributed by atoms with E-state index in [9.17, 15) is 9.59 Å². The van der Waals surface area contributed by atoms with Crippen molar-refractivity contribution in [2.75, 3.05) is 25.0 Å². The first kappa shape index (κ1) is 15.4. The van der Waals surface area contributed by atoms with Gasteiger partial charge in [0.2, 0.25) is 0 Å². The third-order valence-corrected chi connectivity index (χ3v) is 3.59. The summed E-state index contributed by atoms with van der Waals surface area (Å²) in [6.07, 6.45) is 2.23. The molecule has 1 saturated heterocycles. The molecule has 1 N–H and O–H groups in total. The average molecular weight is 290 g/mol. The number of anilines is 1. The quantitative estimate of drug-likeness (QED) is 0.870. The highest BCUT2D eigenvalue weighted by Gasteiger charge is 2.20. The summed E-state index contributed by atoms with van der Waals surface area (Å²) in [6, 6.07) is 6.68. The van der Waals surface area contributed by atoms with Crippen molar-refractivity contribution in [3.63, 3.8) is 0 Å². The average Bonchev–Trinajstić information content (AvgIpc) is 2.48. The van der Waals surface area contributed by atoms with E-state index in [1.165, 1.54) is 6.42 Å². The Hall–Kier alpha value is -2.04. The van der Waals surface area contributed by atoms with Gasteiger partial charge in [-0.3, -0.25) is 0 Å². The van der Waals surface area contributed by atoms with Gasteiger partial charge in [0.25, 0.3) is 0 Å². The summed E-state index contributed by atoms with van der Waals surface area (Å²) in [6.45, 7) is 5.88. The maximum atomic E-state index is 12.2. The Morgan fingerprint density at radius 3 is 2.67 bits per heavy atom. The normalized spacial score (nSPS) is 18.2. The van der Waals surface area contributed by atoms with Crippen molar-refractivity contribution >= 4 is 17.7 Å². The Balaban J connectivity index is 1.93. The van der Waals surface area contributed by atoms with Crippen LogP contribution in [-0.4, -0.2) is 36.6 Å². The molecule has 1 aliphatic rings. The number of esters is 1. The van der Waals surface area contributed by atoms with Gasteiger partial charge in [-0.25, -0.2) is 9.59 Å². The zero-order chi connectivity index (χ0) is 15.2. The molecule has 21 heavy (non-hydrogen) atoms. The number of hydrogen-bond donors (Lipinski definition) is 1. The number of amides is 2. The lowest BCUT2D eigenvalue weighted by Gasteiger charge is -2.30. The molecule has 0 saturated carbocycles. The van der Waals surface area contributed by atoms with Crippen molar-refractivity contribution in [2.45, 2.75) is 26.7 Å². The van der Waals surface area contributed by atoms with Gasteiger partial charge in [-0.15, -0.1) is 0 Å². The summed E-state index contributed by atoms with van der Waals surface area (Å²) in [7, 11) is 0. The van der Waals surface area contributed by atoms with Crippen LogP contribution in [0.4, 0.5) is 10.5 Å². The first-order chi connectivity index (χ1) is 10.1. The molecule has 0 radical (unpaired) electrons. The van der Waals surface area contributed by atoms with E-state index in [1.54, 1.807) is 31.2 Å². The van der Waals surface area contributed by atoms with Crippen molar-refractivity contribution in [3.05, 3.63) is 29.8 Å². The van der Waals surface area contributed by atoms with Gasteiger partial charge in [0.15, 0.2) is 0 Å². The minimum absolute atomic E-state index is 0.0783. The molecule has 0 spiro atoms. The Bertz CT molecular complexity index is 499. The van der Waals surface area contributed by atoms with Gasteiger partial charge >= 0.3 is 12.0 Å². The molecule has 2 rings (SSSR count). The van der Waals surface area contributed by atoms with Crippen LogP contribution < -0.4 is 5.32 Å².